The fourth-order valence-corrected chi connectivity index (χ4v) is 3.55. The number of nitrogen functional groups attached to an aromatic ring is 1. The van der Waals surface area contributed by atoms with Crippen molar-refractivity contribution in [2.75, 3.05) is 19.3 Å². The van der Waals surface area contributed by atoms with Crippen LogP contribution in [-0.2, 0) is 6.42 Å². The van der Waals surface area contributed by atoms with Gasteiger partial charge in [0.25, 0.3) is 0 Å². The summed E-state index contributed by atoms with van der Waals surface area (Å²) in [5.41, 5.74) is 8.95. The van der Waals surface area contributed by atoms with Crippen molar-refractivity contribution in [3.05, 3.63) is 46.7 Å². The highest BCUT2D eigenvalue weighted by Gasteiger charge is 2.15. The number of hydrogen-bond donors (Lipinski definition) is 2. The summed E-state index contributed by atoms with van der Waals surface area (Å²) in [6, 6.07) is 9.72. The van der Waals surface area contributed by atoms with Crippen LogP contribution in [0.4, 0.5) is 5.82 Å². The molecular formula is C16H18ClN5S. The molecule has 0 aliphatic carbocycles. The van der Waals surface area contributed by atoms with Gasteiger partial charge in [-0.2, -0.15) is 0 Å². The average molecular weight is 348 g/mol. The lowest BCUT2D eigenvalue weighted by Gasteiger charge is -2.06. The van der Waals surface area contributed by atoms with Crippen LogP contribution in [0.1, 0.15) is 11.4 Å². The van der Waals surface area contributed by atoms with Crippen molar-refractivity contribution >= 4 is 34.8 Å². The van der Waals surface area contributed by atoms with Crippen LogP contribution in [0.25, 0.3) is 5.65 Å². The van der Waals surface area contributed by atoms with Gasteiger partial charge < -0.3 is 11.1 Å². The molecule has 0 fully saturated rings. The molecule has 5 nitrogen and oxygen atoms in total. The molecule has 0 bridgehead atoms. The summed E-state index contributed by atoms with van der Waals surface area (Å²) in [6.45, 7) is 2.89. The maximum atomic E-state index is 6.12. The zero-order chi connectivity index (χ0) is 16.4. The Morgan fingerprint density at radius 3 is 2.91 bits per heavy atom. The number of anilines is 1. The number of likely N-dealkylation sites (N-methyl/N-ethyl adjacent to an activating group) is 1. The Labute approximate surface area is 144 Å². The molecule has 2 heterocycles. The van der Waals surface area contributed by atoms with Crippen molar-refractivity contribution in [3.63, 3.8) is 0 Å². The molecule has 3 rings (SSSR count). The monoisotopic (exact) mass is 347 g/mol. The minimum atomic E-state index is 0.483. The molecule has 0 radical (unpaired) electrons. The second-order valence-electron chi connectivity index (χ2n) is 5.25. The van der Waals surface area contributed by atoms with Gasteiger partial charge in [0.15, 0.2) is 11.5 Å². The topological polar surface area (TPSA) is 68.2 Å². The van der Waals surface area contributed by atoms with E-state index in [2.05, 4.69) is 10.4 Å². The van der Waals surface area contributed by atoms with Crippen molar-refractivity contribution in [2.24, 2.45) is 0 Å². The van der Waals surface area contributed by atoms with Crippen molar-refractivity contribution in [1.29, 1.82) is 0 Å². The molecule has 1 aromatic carbocycles. The Morgan fingerprint density at radius 1 is 1.35 bits per heavy atom. The van der Waals surface area contributed by atoms with E-state index in [0.29, 0.717) is 10.8 Å². The van der Waals surface area contributed by atoms with Crippen molar-refractivity contribution < 1.29 is 0 Å². The molecule has 0 aliphatic rings. The third-order valence-electron chi connectivity index (χ3n) is 3.45. The molecule has 0 aliphatic heterocycles. The number of nitrogens with one attached hydrogen (secondary N) is 1. The highest BCUT2D eigenvalue weighted by Crippen LogP contribution is 2.35. The fourth-order valence-electron chi connectivity index (χ4n) is 2.35. The largest absolute Gasteiger partial charge is 0.381 e. The smallest absolute Gasteiger partial charge is 0.171 e. The fraction of sp³-hybridized carbons (Fsp3) is 0.250. The molecule has 2 aromatic heterocycles. The maximum Gasteiger partial charge on any atom is 0.171 e. The van der Waals surface area contributed by atoms with Gasteiger partial charge in [0, 0.05) is 34.3 Å². The Balaban J connectivity index is 2.04. The first-order valence-corrected chi connectivity index (χ1v) is 8.50. The molecule has 0 saturated carbocycles. The van der Waals surface area contributed by atoms with E-state index >= 15 is 0 Å². The van der Waals surface area contributed by atoms with E-state index in [1.54, 1.807) is 4.52 Å². The summed E-state index contributed by atoms with van der Waals surface area (Å²) in [7, 11) is 1.93. The second-order valence-corrected chi connectivity index (χ2v) is 6.77. The van der Waals surface area contributed by atoms with Gasteiger partial charge in [0.2, 0.25) is 0 Å². The molecule has 3 N–H and O–H groups in total. The van der Waals surface area contributed by atoms with Gasteiger partial charge in [-0.25, -0.2) is 9.50 Å². The van der Waals surface area contributed by atoms with Crippen molar-refractivity contribution in [1.82, 2.24) is 19.9 Å². The minimum absolute atomic E-state index is 0.483. The van der Waals surface area contributed by atoms with Crippen molar-refractivity contribution in [3.8, 4) is 0 Å². The number of benzene rings is 1. The zero-order valence-corrected chi connectivity index (χ0v) is 14.6. The van der Waals surface area contributed by atoms with Gasteiger partial charge in [-0.3, -0.25) is 0 Å². The quantitative estimate of drug-likeness (QED) is 0.742. The lowest BCUT2D eigenvalue weighted by atomic mass is 10.2. The highest BCUT2D eigenvalue weighted by molar-refractivity contribution is 7.99. The standard InChI is InChI=1S/C16H18ClN5S/c1-10-8-12(6-7-19-2)20-16-14(15(18)21-22(10)16)23-13-5-3-4-11(17)9-13/h3-5,8-9,19H,6-7H2,1-2H3,(H2,18,21). The Bertz CT molecular complexity index is 846. The molecule has 0 saturated heterocycles. The summed E-state index contributed by atoms with van der Waals surface area (Å²) >= 11 is 7.60. The molecule has 120 valence electrons. The highest BCUT2D eigenvalue weighted by atomic mass is 35.5. The molecule has 0 spiro atoms. The van der Waals surface area contributed by atoms with Gasteiger partial charge in [-0.05, 0) is 38.2 Å². The first-order chi connectivity index (χ1) is 11.1. The predicted molar refractivity (Wildman–Crippen MR) is 95.3 cm³/mol. The van der Waals surface area contributed by atoms with E-state index in [1.807, 2.05) is 44.3 Å². The SMILES string of the molecule is CNCCc1cc(C)n2nc(N)c(Sc3cccc(Cl)c3)c2n1. The van der Waals surface area contributed by atoms with E-state index in [9.17, 15) is 0 Å². The van der Waals surface area contributed by atoms with E-state index in [-0.39, 0.29) is 0 Å². The van der Waals surface area contributed by atoms with Crippen molar-refractivity contribution in [2.45, 2.75) is 23.1 Å². The molecule has 3 aromatic rings. The van der Waals surface area contributed by atoms with Gasteiger partial charge in [0.1, 0.15) is 4.90 Å². The number of aryl methyl sites for hydroxylation is 1. The Morgan fingerprint density at radius 2 is 2.17 bits per heavy atom. The van der Waals surface area contributed by atoms with Gasteiger partial charge in [-0.15, -0.1) is 5.10 Å². The number of nitrogens with two attached hydrogens (primary N) is 1. The number of nitrogens with zero attached hydrogens (tertiary/aromatic N) is 3. The van der Waals surface area contributed by atoms with Gasteiger partial charge >= 0.3 is 0 Å². The number of hydrogen-bond acceptors (Lipinski definition) is 5. The Kier molecular flexibility index (Phi) is 4.75. The lowest BCUT2D eigenvalue weighted by Crippen LogP contribution is -2.12. The predicted octanol–water partition coefficient (Wildman–Crippen LogP) is 3.19. The van der Waals surface area contributed by atoms with Crippen LogP contribution in [0.3, 0.4) is 0 Å². The van der Waals surface area contributed by atoms with Crippen LogP contribution >= 0.6 is 23.4 Å². The summed E-state index contributed by atoms with van der Waals surface area (Å²) < 4.78 is 1.80. The maximum absolute atomic E-state index is 6.12. The molecule has 0 amide bonds. The lowest BCUT2D eigenvalue weighted by molar-refractivity contribution is 0.768. The Hall–Kier alpha value is -1.76. The van der Waals surface area contributed by atoms with Crippen LogP contribution in [0.2, 0.25) is 5.02 Å². The molecule has 23 heavy (non-hydrogen) atoms. The third kappa shape index (κ3) is 3.44. The number of rotatable bonds is 5. The molecule has 0 unspecified atom stereocenters. The first-order valence-electron chi connectivity index (χ1n) is 7.31. The van der Waals surface area contributed by atoms with Crippen LogP contribution in [0.5, 0.6) is 0 Å². The zero-order valence-electron chi connectivity index (χ0n) is 13.0. The van der Waals surface area contributed by atoms with E-state index < -0.39 is 0 Å². The van der Waals surface area contributed by atoms with E-state index in [4.69, 9.17) is 22.3 Å². The number of aromatic nitrogens is 3. The minimum Gasteiger partial charge on any atom is -0.381 e. The second kappa shape index (κ2) is 6.78. The van der Waals surface area contributed by atoms with Gasteiger partial charge in [-0.1, -0.05) is 29.4 Å². The number of halogens is 1. The van der Waals surface area contributed by atoms with E-state index in [1.165, 1.54) is 11.8 Å². The van der Waals surface area contributed by atoms with Crippen LogP contribution < -0.4 is 11.1 Å². The van der Waals surface area contributed by atoms with Crippen LogP contribution in [0, 0.1) is 6.92 Å². The molecule has 0 atom stereocenters. The third-order valence-corrected chi connectivity index (χ3v) is 4.77. The van der Waals surface area contributed by atoms with Crippen LogP contribution in [0.15, 0.2) is 40.1 Å². The number of fused-ring (bicyclic) bond motifs is 1. The summed E-state index contributed by atoms with van der Waals surface area (Å²) in [5.74, 6) is 0.483. The van der Waals surface area contributed by atoms with Gasteiger partial charge in [0.05, 0.1) is 0 Å². The summed E-state index contributed by atoms with van der Waals surface area (Å²) in [6.07, 6.45) is 0.861. The normalized spacial score (nSPS) is 11.3. The molecule has 7 heteroatoms. The average Bonchev–Trinajstić information content (AvgIpc) is 2.83. The summed E-state index contributed by atoms with van der Waals surface area (Å²) in [5, 5.41) is 8.26. The van der Waals surface area contributed by atoms with Crippen LogP contribution in [-0.4, -0.2) is 28.2 Å². The van der Waals surface area contributed by atoms with E-state index in [0.717, 1.165) is 39.8 Å². The first kappa shape index (κ1) is 16.1. The summed E-state index contributed by atoms with van der Waals surface area (Å²) in [4.78, 5) is 6.62. The molecular weight excluding hydrogens is 330 g/mol.